The summed E-state index contributed by atoms with van der Waals surface area (Å²) in [6, 6.07) is 6.04. The summed E-state index contributed by atoms with van der Waals surface area (Å²) in [6.07, 6.45) is 4.56. The Morgan fingerprint density at radius 1 is 1.50 bits per heavy atom. The lowest BCUT2D eigenvalue weighted by Crippen LogP contribution is -2.48. The van der Waals surface area contributed by atoms with Gasteiger partial charge in [0.25, 0.3) is 5.91 Å². The third-order valence-electron chi connectivity index (χ3n) is 3.83. The summed E-state index contributed by atoms with van der Waals surface area (Å²) in [4.78, 5) is 19.6. The van der Waals surface area contributed by atoms with E-state index in [4.69, 9.17) is 0 Å². The van der Waals surface area contributed by atoms with Gasteiger partial charge in [0.2, 0.25) is 0 Å². The van der Waals surface area contributed by atoms with Crippen molar-refractivity contribution in [2.24, 2.45) is 0 Å². The molecule has 3 rings (SSSR count). The van der Waals surface area contributed by atoms with Crippen molar-refractivity contribution in [3.8, 4) is 0 Å². The van der Waals surface area contributed by atoms with Gasteiger partial charge in [0.05, 0.1) is 5.69 Å². The molecule has 0 unspecified atom stereocenters. The fraction of sp³-hybridized carbons (Fsp3) is 0.467. The normalized spacial score (nSPS) is 18.2. The molecule has 3 heterocycles. The van der Waals surface area contributed by atoms with Gasteiger partial charge in [-0.05, 0) is 42.9 Å². The van der Waals surface area contributed by atoms with Crippen LogP contribution in [0.25, 0.3) is 0 Å². The number of amides is 1. The van der Waals surface area contributed by atoms with Crippen molar-refractivity contribution in [3.63, 3.8) is 0 Å². The molecule has 1 amide bonds. The van der Waals surface area contributed by atoms with E-state index in [0.717, 1.165) is 43.9 Å². The first-order valence-electron chi connectivity index (χ1n) is 7.56. The lowest BCUT2D eigenvalue weighted by Gasteiger charge is -2.33. The van der Waals surface area contributed by atoms with Crippen molar-refractivity contribution in [2.75, 3.05) is 18.0 Å². The van der Waals surface area contributed by atoms with Crippen LogP contribution in [0.15, 0.2) is 24.4 Å². The fourth-order valence-electron chi connectivity index (χ4n) is 2.71. The van der Waals surface area contributed by atoms with Crippen molar-refractivity contribution < 1.29 is 4.79 Å². The molecule has 1 aliphatic heterocycles. The molecular weight excluding hydrogens is 298 g/mol. The Morgan fingerprint density at radius 3 is 3.18 bits per heavy atom. The zero-order valence-electron chi connectivity index (χ0n) is 12.5. The average molecular weight is 317 g/mol. The number of pyridine rings is 1. The van der Waals surface area contributed by atoms with Crippen LogP contribution < -0.4 is 10.2 Å². The number of hydrogen-bond acceptors (Lipinski definition) is 6. The first-order chi connectivity index (χ1) is 10.8. The molecule has 1 fully saturated rings. The molecule has 0 aromatic carbocycles. The minimum Gasteiger partial charge on any atom is -0.355 e. The molecule has 0 bridgehead atoms. The van der Waals surface area contributed by atoms with Gasteiger partial charge >= 0.3 is 0 Å². The predicted octanol–water partition coefficient (Wildman–Crippen LogP) is 1.89. The molecule has 116 valence electrons. The van der Waals surface area contributed by atoms with Gasteiger partial charge in [-0.3, -0.25) is 4.79 Å². The highest BCUT2D eigenvalue weighted by Gasteiger charge is 2.24. The molecular formula is C15H19N5OS. The van der Waals surface area contributed by atoms with E-state index in [-0.39, 0.29) is 11.9 Å². The number of carbonyl (C=O) groups is 1. The summed E-state index contributed by atoms with van der Waals surface area (Å²) >= 11 is 1.17. The maximum Gasteiger partial charge on any atom is 0.265 e. The summed E-state index contributed by atoms with van der Waals surface area (Å²) in [7, 11) is 0. The van der Waals surface area contributed by atoms with E-state index >= 15 is 0 Å². The Balaban J connectivity index is 1.64. The van der Waals surface area contributed by atoms with Crippen LogP contribution >= 0.6 is 11.5 Å². The van der Waals surface area contributed by atoms with Crippen molar-refractivity contribution in [1.29, 1.82) is 0 Å². The lowest BCUT2D eigenvalue weighted by atomic mass is 10.1. The topological polar surface area (TPSA) is 71.0 Å². The van der Waals surface area contributed by atoms with Crippen molar-refractivity contribution in [1.82, 2.24) is 19.9 Å². The molecule has 6 nitrogen and oxygen atoms in total. The number of anilines is 1. The summed E-state index contributed by atoms with van der Waals surface area (Å²) in [5.41, 5.74) is 0.778. The number of rotatable bonds is 4. The summed E-state index contributed by atoms with van der Waals surface area (Å²) in [6.45, 7) is 3.75. The van der Waals surface area contributed by atoms with Crippen LogP contribution in [0.2, 0.25) is 0 Å². The van der Waals surface area contributed by atoms with Gasteiger partial charge in [0.1, 0.15) is 10.7 Å². The zero-order valence-corrected chi connectivity index (χ0v) is 13.3. The van der Waals surface area contributed by atoms with Gasteiger partial charge < -0.3 is 10.2 Å². The summed E-state index contributed by atoms with van der Waals surface area (Å²) in [5, 5.41) is 7.12. The number of carbonyl (C=O) groups excluding carboxylic acids is 1. The van der Waals surface area contributed by atoms with Crippen LogP contribution in [-0.2, 0) is 6.42 Å². The van der Waals surface area contributed by atoms with Crippen LogP contribution in [-0.4, -0.2) is 39.6 Å². The van der Waals surface area contributed by atoms with E-state index in [1.54, 1.807) is 6.20 Å². The Kier molecular flexibility index (Phi) is 4.62. The fourth-order valence-corrected chi connectivity index (χ4v) is 3.36. The van der Waals surface area contributed by atoms with Crippen LogP contribution in [0.1, 0.15) is 35.1 Å². The molecule has 2 aromatic rings. The Morgan fingerprint density at radius 2 is 2.41 bits per heavy atom. The average Bonchev–Trinajstić information content (AvgIpc) is 3.05. The van der Waals surface area contributed by atoms with Crippen molar-refractivity contribution in [3.05, 3.63) is 35.0 Å². The van der Waals surface area contributed by atoms with Gasteiger partial charge in [-0.2, -0.15) is 0 Å². The molecule has 2 aromatic heterocycles. The second-order valence-electron chi connectivity index (χ2n) is 5.35. The molecule has 22 heavy (non-hydrogen) atoms. The monoisotopic (exact) mass is 317 g/mol. The van der Waals surface area contributed by atoms with Gasteiger partial charge in [-0.25, -0.2) is 4.98 Å². The highest BCUT2D eigenvalue weighted by Crippen LogP contribution is 2.18. The van der Waals surface area contributed by atoms with E-state index < -0.39 is 0 Å². The number of nitrogens with zero attached hydrogens (tertiary/aromatic N) is 4. The maximum absolute atomic E-state index is 12.4. The minimum absolute atomic E-state index is 0.0558. The van der Waals surface area contributed by atoms with Crippen molar-refractivity contribution in [2.45, 2.75) is 32.2 Å². The minimum atomic E-state index is -0.0558. The quantitative estimate of drug-likeness (QED) is 0.932. The van der Waals surface area contributed by atoms with Crippen LogP contribution in [0.5, 0.6) is 0 Å². The van der Waals surface area contributed by atoms with E-state index in [1.165, 1.54) is 11.5 Å². The number of hydrogen-bond donors (Lipinski definition) is 1. The van der Waals surface area contributed by atoms with E-state index in [2.05, 4.69) is 24.8 Å². The molecule has 0 saturated carbocycles. The Hall–Kier alpha value is -2.02. The molecule has 0 spiro atoms. The predicted molar refractivity (Wildman–Crippen MR) is 86.2 cm³/mol. The largest absolute Gasteiger partial charge is 0.355 e. The second-order valence-corrected chi connectivity index (χ2v) is 6.10. The van der Waals surface area contributed by atoms with Gasteiger partial charge in [-0.15, -0.1) is 5.10 Å². The molecule has 1 atom stereocenters. The standard InChI is InChI=1S/C15H19N5OS/c1-2-12-14(22-19-18-12)15(21)17-11-6-5-9-20(10-11)13-7-3-4-8-16-13/h3-4,7-8,11H,2,5-6,9-10H2,1H3,(H,17,21)/t11-/m0/s1. The summed E-state index contributed by atoms with van der Waals surface area (Å²) in [5.74, 6) is 0.912. The number of aryl methyl sites for hydroxylation is 1. The highest BCUT2D eigenvalue weighted by atomic mass is 32.1. The number of nitrogens with one attached hydrogen (secondary N) is 1. The van der Waals surface area contributed by atoms with Crippen LogP contribution in [0.3, 0.4) is 0 Å². The number of aromatic nitrogens is 3. The molecule has 0 aliphatic carbocycles. The smallest absolute Gasteiger partial charge is 0.265 e. The lowest BCUT2D eigenvalue weighted by molar-refractivity contribution is 0.0936. The SMILES string of the molecule is CCc1nnsc1C(=O)N[C@H]1CCCN(c2ccccn2)C1. The zero-order chi connectivity index (χ0) is 15.4. The molecule has 0 radical (unpaired) electrons. The molecule has 1 saturated heterocycles. The summed E-state index contributed by atoms with van der Waals surface area (Å²) < 4.78 is 3.88. The molecule has 7 heteroatoms. The molecule has 1 aliphatic rings. The first-order valence-corrected chi connectivity index (χ1v) is 8.33. The van der Waals surface area contributed by atoms with E-state index in [9.17, 15) is 4.79 Å². The van der Waals surface area contributed by atoms with Gasteiger partial charge in [-0.1, -0.05) is 17.5 Å². The highest BCUT2D eigenvalue weighted by molar-refractivity contribution is 7.08. The Bertz CT molecular complexity index is 630. The van der Waals surface area contributed by atoms with E-state index in [0.29, 0.717) is 4.88 Å². The third kappa shape index (κ3) is 3.24. The van der Waals surface area contributed by atoms with E-state index in [1.807, 2.05) is 25.1 Å². The maximum atomic E-state index is 12.4. The number of piperidine rings is 1. The second kappa shape index (κ2) is 6.83. The van der Waals surface area contributed by atoms with Crippen LogP contribution in [0, 0.1) is 0 Å². The Labute approximate surface area is 133 Å². The van der Waals surface area contributed by atoms with Gasteiger partial charge in [0.15, 0.2) is 0 Å². The van der Waals surface area contributed by atoms with Crippen LogP contribution in [0.4, 0.5) is 5.82 Å². The first kappa shape index (κ1) is 14.9. The third-order valence-corrected chi connectivity index (χ3v) is 4.59. The van der Waals surface area contributed by atoms with Crippen molar-refractivity contribution >= 4 is 23.3 Å². The molecule has 1 N–H and O–H groups in total. The van der Waals surface area contributed by atoms with Gasteiger partial charge in [0, 0.05) is 25.3 Å².